The second-order valence-electron chi connectivity index (χ2n) is 3.69. The van der Waals surface area contributed by atoms with Crippen LogP contribution in [0.3, 0.4) is 0 Å². The van der Waals surface area contributed by atoms with E-state index in [0.717, 1.165) is 0 Å². The summed E-state index contributed by atoms with van der Waals surface area (Å²) < 4.78 is 0. The molecule has 0 aliphatic carbocycles. The van der Waals surface area contributed by atoms with Crippen LogP contribution in [-0.4, -0.2) is 68.6 Å². The first-order valence-corrected chi connectivity index (χ1v) is 4.58. The third-order valence-corrected chi connectivity index (χ3v) is 2.60. The Kier molecular flexibility index (Phi) is 3.82. The van der Waals surface area contributed by atoms with E-state index in [2.05, 4.69) is 5.32 Å². The van der Waals surface area contributed by atoms with Gasteiger partial charge in [0.2, 0.25) is 0 Å². The van der Waals surface area contributed by atoms with Crippen molar-refractivity contribution in [1.82, 2.24) is 5.32 Å². The van der Waals surface area contributed by atoms with Crippen LogP contribution in [0.1, 0.15) is 6.92 Å². The molecule has 6 N–H and O–H groups in total. The fourth-order valence-corrected chi connectivity index (χ4v) is 1.66. The van der Waals surface area contributed by atoms with Crippen molar-refractivity contribution >= 4 is 0 Å². The molecule has 0 saturated carbocycles. The van der Waals surface area contributed by atoms with Crippen LogP contribution in [0, 0.1) is 0 Å². The molecule has 0 aromatic carbocycles. The van der Waals surface area contributed by atoms with E-state index in [1.165, 1.54) is 6.92 Å². The normalized spacial score (nSPS) is 42.4. The molecule has 0 aromatic heterocycles. The molecule has 0 bridgehead atoms. The summed E-state index contributed by atoms with van der Waals surface area (Å²) in [6, 6.07) is -1.48. The van der Waals surface area contributed by atoms with Crippen molar-refractivity contribution in [2.45, 2.75) is 43.4 Å². The minimum Gasteiger partial charge on any atom is -0.395 e. The van der Waals surface area contributed by atoms with Crippen LogP contribution in [0.2, 0.25) is 0 Å². The summed E-state index contributed by atoms with van der Waals surface area (Å²) >= 11 is 0. The third kappa shape index (κ3) is 2.05. The highest BCUT2D eigenvalue weighted by Crippen LogP contribution is 2.18. The Morgan fingerprint density at radius 3 is 2.14 bits per heavy atom. The van der Waals surface area contributed by atoms with Crippen molar-refractivity contribution in [3.63, 3.8) is 0 Å². The van der Waals surface area contributed by atoms with Crippen LogP contribution in [-0.2, 0) is 0 Å². The first-order valence-electron chi connectivity index (χ1n) is 4.58. The SMILES string of the molecule is C[C@H](O)[C@@H](O)[C@H]1N[C@H](CO)[C@@H](O)[C@@H]1O. The highest BCUT2D eigenvalue weighted by atomic mass is 16.4. The molecule has 14 heavy (non-hydrogen) atoms. The van der Waals surface area contributed by atoms with Gasteiger partial charge in [0.05, 0.1) is 43.1 Å². The van der Waals surface area contributed by atoms with Crippen LogP contribution in [0.4, 0.5) is 0 Å². The lowest BCUT2D eigenvalue weighted by molar-refractivity contribution is -0.0384. The molecule has 0 amide bonds. The molecule has 1 saturated heterocycles. The van der Waals surface area contributed by atoms with E-state index in [9.17, 15) is 15.3 Å². The second-order valence-corrected chi connectivity index (χ2v) is 3.69. The van der Waals surface area contributed by atoms with E-state index in [0.29, 0.717) is 0 Å². The summed E-state index contributed by atoms with van der Waals surface area (Å²) in [6.45, 7) is 1.05. The van der Waals surface area contributed by atoms with Crippen molar-refractivity contribution in [2.24, 2.45) is 0 Å². The largest absolute Gasteiger partial charge is 0.395 e. The Morgan fingerprint density at radius 2 is 1.79 bits per heavy atom. The van der Waals surface area contributed by atoms with Crippen LogP contribution in [0.5, 0.6) is 0 Å². The predicted octanol–water partition coefficient (Wildman–Crippen LogP) is -3.22. The summed E-state index contributed by atoms with van der Waals surface area (Å²) in [5.74, 6) is 0. The van der Waals surface area contributed by atoms with Gasteiger partial charge in [0.25, 0.3) is 0 Å². The minimum absolute atomic E-state index is 0.332. The highest BCUT2D eigenvalue weighted by molar-refractivity contribution is 5.01. The van der Waals surface area contributed by atoms with Crippen LogP contribution < -0.4 is 5.32 Å². The molecule has 0 spiro atoms. The molecule has 1 aliphatic rings. The van der Waals surface area contributed by atoms with Gasteiger partial charge in [-0.1, -0.05) is 0 Å². The van der Waals surface area contributed by atoms with Crippen LogP contribution in [0.15, 0.2) is 0 Å². The average Bonchev–Trinajstić information content (AvgIpc) is 2.43. The zero-order valence-corrected chi connectivity index (χ0v) is 7.91. The molecule has 84 valence electrons. The molecule has 1 rings (SSSR count). The molecule has 1 aliphatic heterocycles. The fourth-order valence-electron chi connectivity index (χ4n) is 1.66. The molecular formula is C8H17NO5. The Morgan fingerprint density at radius 1 is 1.21 bits per heavy atom. The van der Waals surface area contributed by atoms with Gasteiger partial charge in [-0.25, -0.2) is 0 Å². The number of aliphatic hydroxyl groups excluding tert-OH is 5. The monoisotopic (exact) mass is 207 g/mol. The fraction of sp³-hybridized carbons (Fsp3) is 1.00. The summed E-state index contributed by atoms with van der Waals surface area (Å²) in [4.78, 5) is 0. The Hall–Kier alpha value is -0.240. The summed E-state index contributed by atoms with van der Waals surface area (Å²) in [6.07, 6.45) is -4.49. The first-order chi connectivity index (χ1) is 6.49. The third-order valence-electron chi connectivity index (χ3n) is 2.60. The zero-order chi connectivity index (χ0) is 10.9. The van der Waals surface area contributed by atoms with Crippen LogP contribution >= 0.6 is 0 Å². The number of hydrogen-bond donors (Lipinski definition) is 6. The predicted molar refractivity (Wildman–Crippen MR) is 47.5 cm³/mol. The van der Waals surface area contributed by atoms with Crippen molar-refractivity contribution in [3.05, 3.63) is 0 Å². The van der Waals surface area contributed by atoms with Crippen molar-refractivity contribution in [3.8, 4) is 0 Å². The molecule has 6 heteroatoms. The topological polar surface area (TPSA) is 113 Å². The van der Waals surface area contributed by atoms with Crippen molar-refractivity contribution < 1.29 is 25.5 Å². The van der Waals surface area contributed by atoms with E-state index >= 15 is 0 Å². The molecule has 1 fully saturated rings. The van der Waals surface area contributed by atoms with Gasteiger partial charge in [0.15, 0.2) is 0 Å². The van der Waals surface area contributed by atoms with E-state index in [1.54, 1.807) is 0 Å². The minimum atomic E-state index is -1.18. The molecular weight excluding hydrogens is 190 g/mol. The lowest BCUT2D eigenvalue weighted by Crippen LogP contribution is -2.48. The second kappa shape index (κ2) is 4.52. The average molecular weight is 207 g/mol. The van der Waals surface area contributed by atoms with Crippen molar-refractivity contribution in [2.75, 3.05) is 6.61 Å². The van der Waals surface area contributed by atoms with Gasteiger partial charge in [0.1, 0.15) is 0 Å². The highest BCUT2D eigenvalue weighted by Gasteiger charge is 2.44. The Bertz CT molecular complexity index is 189. The summed E-state index contributed by atoms with van der Waals surface area (Å²) in [5.41, 5.74) is 0. The van der Waals surface area contributed by atoms with Crippen molar-refractivity contribution in [1.29, 1.82) is 0 Å². The standard InChI is InChI=1S/C8H17NO5/c1-3(11)6(12)5-8(14)7(13)4(2-10)9-5/h3-14H,2H2,1H3/t3-,4+,5+,6+,7+,8+/m0/s1. The maximum atomic E-state index is 9.48. The molecule has 1 heterocycles. The number of hydrogen-bond acceptors (Lipinski definition) is 6. The lowest BCUT2D eigenvalue weighted by Gasteiger charge is -2.24. The number of nitrogens with one attached hydrogen (secondary N) is 1. The van der Waals surface area contributed by atoms with Gasteiger partial charge >= 0.3 is 0 Å². The Balaban J connectivity index is 2.64. The van der Waals surface area contributed by atoms with E-state index in [-0.39, 0.29) is 6.61 Å². The molecule has 6 nitrogen and oxygen atoms in total. The van der Waals surface area contributed by atoms with Gasteiger partial charge in [0, 0.05) is 0 Å². The number of rotatable bonds is 3. The maximum Gasteiger partial charge on any atom is 0.0994 e. The molecule has 6 atom stereocenters. The smallest absolute Gasteiger partial charge is 0.0994 e. The van der Waals surface area contributed by atoms with Gasteiger partial charge in [-0.15, -0.1) is 0 Å². The molecule has 0 radical (unpaired) electrons. The van der Waals surface area contributed by atoms with Gasteiger partial charge in [-0.05, 0) is 6.92 Å². The zero-order valence-electron chi connectivity index (χ0n) is 7.91. The summed E-state index contributed by atoms with van der Waals surface area (Å²) in [5, 5.41) is 48.9. The van der Waals surface area contributed by atoms with Crippen LogP contribution in [0.25, 0.3) is 0 Å². The molecule has 0 aromatic rings. The maximum absolute atomic E-state index is 9.48. The van der Waals surface area contributed by atoms with Gasteiger partial charge in [-0.2, -0.15) is 0 Å². The van der Waals surface area contributed by atoms with E-state index < -0.39 is 36.5 Å². The van der Waals surface area contributed by atoms with E-state index in [4.69, 9.17) is 10.2 Å². The van der Waals surface area contributed by atoms with E-state index in [1.807, 2.05) is 0 Å². The van der Waals surface area contributed by atoms with Gasteiger partial charge in [-0.3, -0.25) is 0 Å². The lowest BCUT2D eigenvalue weighted by atomic mass is 10.0. The molecule has 0 unspecified atom stereocenters. The Labute approximate surface area is 81.8 Å². The number of aliphatic hydroxyl groups is 5. The quantitative estimate of drug-likeness (QED) is 0.290. The van der Waals surface area contributed by atoms with Gasteiger partial charge < -0.3 is 30.8 Å². The first kappa shape index (κ1) is 11.8. The summed E-state index contributed by atoms with van der Waals surface area (Å²) in [7, 11) is 0.